The van der Waals surface area contributed by atoms with Crippen LogP contribution in [-0.2, 0) is 0 Å². The zero-order chi connectivity index (χ0) is 6.81. The first-order chi connectivity index (χ1) is 4.97. The van der Waals surface area contributed by atoms with Crippen LogP contribution >= 0.6 is 0 Å². The van der Waals surface area contributed by atoms with Crippen LogP contribution in [0.15, 0.2) is 24.0 Å². The van der Waals surface area contributed by atoms with Crippen molar-refractivity contribution in [1.82, 2.24) is 5.32 Å². The van der Waals surface area contributed by atoms with Crippen LogP contribution in [0.3, 0.4) is 0 Å². The summed E-state index contributed by atoms with van der Waals surface area (Å²) in [6.07, 6.45) is 11.6. The standard InChI is InChI=1S/C9H12N/c1-2-6-9-8(4-1)5-3-7-10-9/h3,6-8H,1-2,4-5H2. The summed E-state index contributed by atoms with van der Waals surface area (Å²) in [4.78, 5) is 0. The molecule has 2 aliphatic rings. The average molecular weight is 134 g/mol. The van der Waals surface area contributed by atoms with E-state index in [4.69, 9.17) is 0 Å². The van der Waals surface area contributed by atoms with E-state index in [0.29, 0.717) is 0 Å². The minimum absolute atomic E-state index is 0.763. The smallest absolute Gasteiger partial charge is 0.0397 e. The molecule has 0 bridgehead atoms. The van der Waals surface area contributed by atoms with Gasteiger partial charge in [0.2, 0.25) is 0 Å². The average Bonchev–Trinajstić information content (AvgIpc) is 2.05. The molecule has 0 fully saturated rings. The minimum atomic E-state index is 0.763. The second-order valence-corrected chi connectivity index (χ2v) is 3.01. The van der Waals surface area contributed by atoms with Crippen molar-refractivity contribution in [3.63, 3.8) is 0 Å². The fourth-order valence-corrected chi connectivity index (χ4v) is 1.69. The number of hydrogen-bond acceptors (Lipinski definition) is 0. The third-order valence-electron chi connectivity index (χ3n) is 2.28. The maximum atomic E-state index is 4.33. The van der Waals surface area contributed by atoms with E-state index >= 15 is 0 Å². The molecule has 2 rings (SSSR count). The molecule has 0 saturated heterocycles. The fourth-order valence-electron chi connectivity index (χ4n) is 1.69. The first kappa shape index (κ1) is 6.02. The lowest BCUT2D eigenvalue weighted by Crippen LogP contribution is -2.16. The Hall–Kier alpha value is -0.720. The van der Waals surface area contributed by atoms with Gasteiger partial charge in [0.1, 0.15) is 0 Å². The summed E-state index contributed by atoms with van der Waals surface area (Å²) < 4.78 is 0. The molecule has 1 atom stereocenters. The van der Waals surface area contributed by atoms with Crippen LogP contribution in [0.5, 0.6) is 0 Å². The van der Waals surface area contributed by atoms with E-state index in [1.807, 2.05) is 6.20 Å². The molecule has 1 aliphatic carbocycles. The highest BCUT2D eigenvalue weighted by Crippen LogP contribution is 2.28. The Kier molecular flexibility index (Phi) is 1.50. The second kappa shape index (κ2) is 2.49. The van der Waals surface area contributed by atoms with E-state index in [0.717, 1.165) is 5.92 Å². The molecule has 10 heavy (non-hydrogen) atoms. The van der Waals surface area contributed by atoms with Crippen molar-refractivity contribution in [2.45, 2.75) is 25.7 Å². The Labute approximate surface area is 61.8 Å². The van der Waals surface area contributed by atoms with Gasteiger partial charge in [-0.1, -0.05) is 12.2 Å². The molecule has 0 aromatic carbocycles. The van der Waals surface area contributed by atoms with E-state index < -0.39 is 0 Å². The molecule has 0 N–H and O–H groups in total. The quantitative estimate of drug-likeness (QED) is 0.482. The lowest BCUT2D eigenvalue weighted by Gasteiger charge is -2.24. The van der Waals surface area contributed by atoms with Gasteiger partial charge in [0.15, 0.2) is 0 Å². The lowest BCUT2D eigenvalue weighted by molar-refractivity contribution is 0.480. The van der Waals surface area contributed by atoms with Crippen LogP contribution in [0.4, 0.5) is 0 Å². The molecule has 1 heteroatoms. The summed E-state index contributed by atoms with van der Waals surface area (Å²) in [6, 6.07) is 0. The minimum Gasteiger partial charge on any atom is -0.262 e. The topological polar surface area (TPSA) is 14.1 Å². The monoisotopic (exact) mass is 134 g/mol. The largest absolute Gasteiger partial charge is 0.262 e. The Bertz CT molecular complexity index is 179. The maximum Gasteiger partial charge on any atom is 0.0397 e. The Morgan fingerprint density at radius 2 is 2.50 bits per heavy atom. The lowest BCUT2D eigenvalue weighted by atomic mass is 9.88. The van der Waals surface area contributed by atoms with Gasteiger partial charge in [-0.2, -0.15) is 0 Å². The molecule has 0 spiro atoms. The molecule has 0 aromatic heterocycles. The summed E-state index contributed by atoms with van der Waals surface area (Å²) >= 11 is 0. The fraction of sp³-hybridized carbons (Fsp3) is 0.556. The van der Waals surface area contributed by atoms with Gasteiger partial charge in [0.05, 0.1) is 0 Å². The molecule has 1 unspecified atom stereocenters. The number of rotatable bonds is 0. The molecule has 1 nitrogen and oxygen atoms in total. The van der Waals surface area contributed by atoms with Crippen molar-refractivity contribution in [3.8, 4) is 0 Å². The highest BCUT2D eigenvalue weighted by Gasteiger charge is 2.18. The molecule has 1 radical (unpaired) electrons. The van der Waals surface area contributed by atoms with E-state index in [1.54, 1.807) is 0 Å². The van der Waals surface area contributed by atoms with Crippen LogP contribution < -0.4 is 5.32 Å². The molecule has 0 aromatic rings. The van der Waals surface area contributed by atoms with Gasteiger partial charge in [0, 0.05) is 17.8 Å². The normalized spacial score (nSPS) is 30.4. The summed E-state index contributed by atoms with van der Waals surface area (Å²) in [5, 5.41) is 4.33. The third-order valence-corrected chi connectivity index (χ3v) is 2.28. The van der Waals surface area contributed by atoms with E-state index in [1.165, 1.54) is 31.4 Å². The van der Waals surface area contributed by atoms with E-state index in [-0.39, 0.29) is 0 Å². The van der Waals surface area contributed by atoms with Crippen LogP contribution in [0.25, 0.3) is 0 Å². The summed E-state index contributed by atoms with van der Waals surface area (Å²) in [5.41, 5.74) is 1.34. The van der Waals surface area contributed by atoms with Gasteiger partial charge in [-0.15, -0.1) is 0 Å². The number of allylic oxidation sites excluding steroid dienone is 3. The summed E-state index contributed by atoms with van der Waals surface area (Å²) in [7, 11) is 0. The first-order valence-corrected chi connectivity index (χ1v) is 4.03. The molecular weight excluding hydrogens is 122 g/mol. The summed E-state index contributed by atoms with van der Waals surface area (Å²) in [6.45, 7) is 0. The Morgan fingerprint density at radius 1 is 1.50 bits per heavy atom. The van der Waals surface area contributed by atoms with Gasteiger partial charge < -0.3 is 0 Å². The molecule has 53 valence electrons. The highest BCUT2D eigenvalue weighted by atomic mass is 14.9. The Balaban J connectivity index is 2.17. The molecular formula is C9H12N. The van der Waals surface area contributed by atoms with Gasteiger partial charge in [-0.25, -0.2) is 0 Å². The predicted octanol–water partition coefficient (Wildman–Crippen LogP) is 2.19. The van der Waals surface area contributed by atoms with Crippen LogP contribution in [0, 0.1) is 5.92 Å². The molecule has 0 amide bonds. The van der Waals surface area contributed by atoms with Gasteiger partial charge in [-0.3, -0.25) is 5.32 Å². The second-order valence-electron chi connectivity index (χ2n) is 3.01. The van der Waals surface area contributed by atoms with E-state index in [2.05, 4.69) is 17.5 Å². The van der Waals surface area contributed by atoms with Crippen molar-refractivity contribution < 1.29 is 0 Å². The molecule has 0 saturated carbocycles. The van der Waals surface area contributed by atoms with E-state index in [9.17, 15) is 0 Å². The van der Waals surface area contributed by atoms with Crippen molar-refractivity contribution in [1.29, 1.82) is 0 Å². The van der Waals surface area contributed by atoms with Gasteiger partial charge in [-0.05, 0) is 25.7 Å². The molecule has 1 aliphatic heterocycles. The summed E-state index contributed by atoms with van der Waals surface area (Å²) in [5.74, 6) is 0.763. The van der Waals surface area contributed by atoms with Crippen molar-refractivity contribution >= 4 is 0 Å². The van der Waals surface area contributed by atoms with Crippen molar-refractivity contribution in [2.24, 2.45) is 5.92 Å². The highest BCUT2D eigenvalue weighted by molar-refractivity contribution is 5.15. The van der Waals surface area contributed by atoms with Gasteiger partial charge >= 0.3 is 0 Å². The van der Waals surface area contributed by atoms with Crippen LogP contribution in [-0.4, -0.2) is 0 Å². The molecule has 1 heterocycles. The number of fused-ring (bicyclic) bond motifs is 1. The predicted molar refractivity (Wildman–Crippen MR) is 41.3 cm³/mol. The van der Waals surface area contributed by atoms with Crippen molar-refractivity contribution in [2.75, 3.05) is 0 Å². The Morgan fingerprint density at radius 3 is 3.40 bits per heavy atom. The number of hydrogen-bond donors (Lipinski definition) is 0. The SMILES string of the molecule is C1=C[N]C2=CCCCC2C1. The van der Waals surface area contributed by atoms with Crippen LogP contribution in [0.2, 0.25) is 0 Å². The zero-order valence-corrected chi connectivity index (χ0v) is 6.09. The zero-order valence-electron chi connectivity index (χ0n) is 6.09. The maximum absolute atomic E-state index is 4.33. The number of nitrogens with zero attached hydrogens (tertiary/aromatic N) is 1. The van der Waals surface area contributed by atoms with Crippen LogP contribution in [0.1, 0.15) is 25.7 Å². The van der Waals surface area contributed by atoms with Crippen molar-refractivity contribution in [3.05, 3.63) is 24.0 Å². The van der Waals surface area contributed by atoms with Gasteiger partial charge in [0.25, 0.3) is 0 Å². The first-order valence-electron chi connectivity index (χ1n) is 4.03. The third kappa shape index (κ3) is 0.962.